The molecule has 1 aromatic heterocycles. The van der Waals surface area contributed by atoms with Gasteiger partial charge in [0.25, 0.3) is 5.97 Å². The minimum absolute atomic E-state index is 0.833. The maximum atomic E-state index is 9.00. The Morgan fingerprint density at radius 2 is 1.82 bits per heavy atom. The Balaban J connectivity index is 0.000000218. The lowest BCUT2D eigenvalue weighted by Crippen LogP contribution is -1.85. The lowest BCUT2D eigenvalue weighted by Gasteiger charge is -1.89. The molecule has 0 bridgehead atoms. The molecule has 0 aliphatic rings. The predicted octanol–water partition coefficient (Wildman–Crippen LogP) is 1.60. The molecule has 0 aliphatic heterocycles. The summed E-state index contributed by atoms with van der Waals surface area (Å²) in [5.41, 5.74) is 0. The Morgan fingerprint density at radius 1 is 1.45 bits per heavy atom. The molecule has 0 saturated heterocycles. The van der Waals surface area contributed by atoms with Crippen LogP contribution in [0.25, 0.3) is 0 Å². The first-order valence-electron chi connectivity index (χ1n) is 3.47. The van der Waals surface area contributed by atoms with Crippen LogP contribution in [0.2, 0.25) is 0 Å². The molecule has 0 unspecified atom stereocenters. The van der Waals surface area contributed by atoms with Gasteiger partial charge in [0.05, 0.1) is 0 Å². The minimum atomic E-state index is -0.833. The third-order valence-corrected chi connectivity index (χ3v) is 1.03. The van der Waals surface area contributed by atoms with Crippen molar-refractivity contribution in [1.29, 1.82) is 0 Å². The van der Waals surface area contributed by atoms with Crippen molar-refractivity contribution in [2.45, 2.75) is 20.4 Å². The van der Waals surface area contributed by atoms with Gasteiger partial charge in [-0.15, -0.1) is 0 Å². The molecule has 0 aromatic carbocycles. The molecular weight excluding hydrogens is 142 g/mol. The summed E-state index contributed by atoms with van der Waals surface area (Å²) in [7, 11) is 0. The summed E-state index contributed by atoms with van der Waals surface area (Å²) in [6.07, 6.45) is 4.11. The molecule has 0 spiro atoms. The lowest BCUT2D eigenvalue weighted by molar-refractivity contribution is -0.134. The van der Waals surface area contributed by atoms with Crippen LogP contribution in [-0.4, -0.2) is 15.6 Å². The molecule has 11 heavy (non-hydrogen) atoms. The van der Waals surface area contributed by atoms with Crippen molar-refractivity contribution in [3.05, 3.63) is 24.5 Å². The number of aryl methyl sites for hydroxylation is 1. The first-order chi connectivity index (χ1) is 5.16. The Kier molecular flexibility index (Phi) is 4.90. The molecule has 1 aromatic rings. The van der Waals surface area contributed by atoms with E-state index in [1.807, 2.05) is 12.1 Å². The Bertz CT molecular complexity index is 188. The van der Waals surface area contributed by atoms with Crippen LogP contribution in [-0.2, 0) is 11.3 Å². The largest absolute Gasteiger partial charge is 0.481 e. The summed E-state index contributed by atoms with van der Waals surface area (Å²) in [6.45, 7) is 4.28. The predicted molar refractivity (Wildman–Crippen MR) is 43.4 cm³/mol. The van der Waals surface area contributed by atoms with E-state index in [9.17, 15) is 0 Å². The van der Waals surface area contributed by atoms with Gasteiger partial charge in [0, 0.05) is 25.9 Å². The fourth-order valence-corrected chi connectivity index (χ4v) is 0.581. The highest BCUT2D eigenvalue weighted by Crippen LogP contribution is 1.86. The monoisotopic (exact) mass is 155 g/mol. The summed E-state index contributed by atoms with van der Waals surface area (Å²) < 4.78 is 2.12. The average molecular weight is 155 g/mol. The zero-order valence-corrected chi connectivity index (χ0v) is 6.82. The highest BCUT2D eigenvalue weighted by Gasteiger charge is 1.75. The standard InChI is InChI=1S/C6H9N.C2H4O2/c1-2-7-5-3-4-6-7;1-2(3)4/h3-6H,2H2,1H3;1H3,(H,3,4). The van der Waals surface area contributed by atoms with Gasteiger partial charge in [-0.1, -0.05) is 0 Å². The van der Waals surface area contributed by atoms with E-state index in [1.54, 1.807) is 0 Å². The SMILES string of the molecule is CC(=O)O.CCn1cccc1. The number of aliphatic carboxylic acids is 1. The van der Waals surface area contributed by atoms with E-state index in [4.69, 9.17) is 9.90 Å². The van der Waals surface area contributed by atoms with Crippen LogP contribution in [0, 0.1) is 0 Å². The van der Waals surface area contributed by atoms with Crippen molar-refractivity contribution < 1.29 is 9.90 Å². The molecule has 0 amide bonds. The van der Waals surface area contributed by atoms with Crippen molar-refractivity contribution in [1.82, 2.24) is 4.57 Å². The van der Waals surface area contributed by atoms with Crippen molar-refractivity contribution in [2.75, 3.05) is 0 Å². The van der Waals surface area contributed by atoms with Crippen molar-refractivity contribution >= 4 is 5.97 Å². The van der Waals surface area contributed by atoms with Crippen LogP contribution in [0.5, 0.6) is 0 Å². The number of rotatable bonds is 1. The van der Waals surface area contributed by atoms with Gasteiger partial charge >= 0.3 is 0 Å². The molecule has 1 N–H and O–H groups in total. The normalized spacial score (nSPS) is 8.18. The topological polar surface area (TPSA) is 42.2 Å². The van der Waals surface area contributed by atoms with E-state index >= 15 is 0 Å². The van der Waals surface area contributed by atoms with Gasteiger partial charge in [-0.25, -0.2) is 0 Å². The fourth-order valence-electron chi connectivity index (χ4n) is 0.581. The number of hydrogen-bond acceptors (Lipinski definition) is 1. The van der Waals surface area contributed by atoms with Gasteiger partial charge in [-0.3, -0.25) is 4.79 Å². The molecule has 0 fully saturated rings. The smallest absolute Gasteiger partial charge is 0.300 e. The Hall–Kier alpha value is -1.25. The first kappa shape index (κ1) is 9.75. The quantitative estimate of drug-likeness (QED) is 0.669. The maximum absolute atomic E-state index is 9.00. The van der Waals surface area contributed by atoms with Crippen LogP contribution >= 0.6 is 0 Å². The molecule has 1 rings (SSSR count). The number of aromatic nitrogens is 1. The van der Waals surface area contributed by atoms with Crippen LogP contribution < -0.4 is 0 Å². The van der Waals surface area contributed by atoms with E-state index in [0.29, 0.717) is 0 Å². The second-order valence-electron chi connectivity index (χ2n) is 2.03. The van der Waals surface area contributed by atoms with Gasteiger partial charge < -0.3 is 9.67 Å². The Morgan fingerprint density at radius 3 is 2.00 bits per heavy atom. The highest BCUT2D eigenvalue weighted by molar-refractivity contribution is 5.62. The molecule has 3 nitrogen and oxygen atoms in total. The number of hydrogen-bond donors (Lipinski definition) is 1. The third-order valence-electron chi connectivity index (χ3n) is 1.03. The molecule has 62 valence electrons. The summed E-state index contributed by atoms with van der Waals surface area (Å²) >= 11 is 0. The second kappa shape index (κ2) is 5.53. The van der Waals surface area contributed by atoms with Gasteiger partial charge in [0.15, 0.2) is 0 Å². The summed E-state index contributed by atoms with van der Waals surface area (Å²) in [6, 6.07) is 4.06. The van der Waals surface area contributed by atoms with E-state index in [2.05, 4.69) is 23.9 Å². The van der Waals surface area contributed by atoms with Crippen molar-refractivity contribution in [3.8, 4) is 0 Å². The summed E-state index contributed by atoms with van der Waals surface area (Å²) in [5, 5.41) is 7.42. The average Bonchev–Trinajstić information content (AvgIpc) is 2.36. The summed E-state index contributed by atoms with van der Waals surface area (Å²) in [5.74, 6) is -0.833. The molecule has 0 saturated carbocycles. The number of carboxylic acid groups (broad SMARTS) is 1. The van der Waals surface area contributed by atoms with E-state index in [1.165, 1.54) is 0 Å². The molecular formula is C8H13NO2. The molecule has 0 radical (unpaired) electrons. The fraction of sp³-hybridized carbons (Fsp3) is 0.375. The second-order valence-corrected chi connectivity index (χ2v) is 2.03. The van der Waals surface area contributed by atoms with Gasteiger partial charge in [-0.05, 0) is 19.1 Å². The molecule has 3 heteroatoms. The maximum Gasteiger partial charge on any atom is 0.300 e. The summed E-state index contributed by atoms with van der Waals surface area (Å²) in [4.78, 5) is 9.00. The van der Waals surface area contributed by atoms with Crippen LogP contribution in [0.3, 0.4) is 0 Å². The molecule has 1 heterocycles. The lowest BCUT2D eigenvalue weighted by atomic mass is 10.7. The van der Waals surface area contributed by atoms with E-state index in [0.717, 1.165) is 13.5 Å². The highest BCUT2D eigenvalue weighted by atomic mass is 16.4. The first-order valence-corrected chi connectivity index (χ1v) is 3.47. The zero-order valence-electron chi connectivity index (χ0n) is 6.82. The number of nitrogens with zero attached hydrogens (tertiary/aromatic N) is 1. The minimum Gasteiger partial charge on any atom is -0.481 e. The third kappa shape index (κ3) is 6.64. The number of carboxylic acids is 1. The molecule has 0 atom stereocenters. The van der Waals surface area contributed by atoms with Gasteiger partial charge in [-0.2, -0.15) is 0 Å². The van der Waals surface area contributed by atoms with Gasteiger partial charge in [0.2, 0.25) is 0 Å². The Labute approximate surface area is 66.3 Å². The van der Waals surface area contributed by atoms with Crippen molar-refractivity contribution in [2.24, 2.45) is 0 Å². The van der Waals surface area contributed by atoms with E-state index < -0.39 is 5.97 Å². The van der Waals surface area contributed by atoms with Crippen molar-refractivity contribution in [3.63, 3.8) is 0 Å². The zero-order chi connectivity index (χ0) is 8.69. The van der Waals surface area contributed by atoms with Crippen LogP contribution in [0.1, 0.15) is 13.8 Å². The molecule has 0 aliphatic carbocycles. The van der Waals surface area contributed by atoms with E-state index in [-0.39, 0.29) is 0 Å². The van der Waals surface area contributed by atoms with Crippen LogP contribution in [0.4, 0.5) is 0 Å². The number of carbonyl (C=O) groups is 1. The van der Waals surface area contributed by atoms with Gasteiger partial charge in [0.1, 0.15) is 0 Å². The van der Waals surface area contributed by atoms with Crippen LogP contribution in [0.15, 0.2) is 24.5 Å².